The molecule has 0 aliphatic rings. The van der Waals surface area contributed by atoms with Crippen LogP contribution in [0.15, 0.2) is 18.2 Å². The molecule has 112 valence electrons. The molecule has 1 rings (SSSR count). The maximum Gasteiger partial charge on any atom is 0.387 e. The number of hydrogen-bond donors (Lipinski definition) is 2. The van der Waals surface area contributed by atoms with E-state index in [0.29, 0.717) is 12.1 Å². The number of rotatable bonds is 6. The van der Waals surface area contributed by atoms with E-state index in [0.717, 1.165) is 6.42 Å². The molecule has 0 saturated carbocycles. The van der Waals surface area contributed by atoms with E-state index in [1.165, 1.54) is 18.2 Å². The summed E-state index contributed by atoms with van der Waals surface area (Å²) in [6.07, 6.45) is 1.29. The third-order valence-corrected chi connectivity index (χ3v) is 2.99. The van der Waals surface area contributed by atoms with Crippen molar-refractivity contribution in [1.82, 2.24) is 0 Å². The summed E-state index contributed by atoms with van der Waals surface area (Å²) in [4.78, 5) is 12.0. The Kier molecular flexibility index (Phi) is 5.71. The highest BCUT2D eigenvalue weighted by atomic mass is 35.5. The average Bonchev–Trinajstić information content (AvgIpc) is 2.32. The lowest BCUT2D eigenvalue weighted by Crippen LogP contribution is -2.48. The Bertz CT molecular complexity index is 481. The van der Waals surface area contributed by atoms with E-state index in [2.05, 4.69) is 10.1 Å². The summed E-state index contributed by atoms with van der Waals surface area (Å²) in [5.74, 6) is -0.512. The van der Waals surface area contributed by atoms with Crippen molar-refractivity contribution in [1.29, 1.82) is 0 Å². The lowest BCUT2D eigenvalue weighted by atomic mass is 9.96. The minimum absolute atomic E-state index is 0.0164. The van der Waals surface area contributed by atoms with Crippen LogP contribution in [0.2, 0.25) is 5.02 Å². The smallest absolute Gasteiger partial charge is 0.387 e. The molecule has 0 aliphatic carbocycles. The van der Waals surface area contributed by atoms with Crippen molar-refractivity contribution < 1.29 is 18.3 Å². The van der Waals surface area contributed by atoms with E-state index in [1.807, 2.05) is 6.92 Å². The molecule has 0 spiro atoms. The molecule has 7 heteroatoms. The largest absolute Gasteiger partial charge is 0.433 e. The molecule has 1 atom stereocenters. The van der Waals surface area contributed by atoms with Gasteiger partial charge in [-0.05, 0) is 31.5 Å². The first kappa shape index (κ1) is 16.7. The van der Waals surface area contributed by atoms with Crippen LogP contribution in [0.1, 0.15) is 26.7 Å². The number of amides is 1. The second-order valence-electron chi connectivity index (χ2n) is 4.65. The Labute approximate surface area is 121 Å². The van der Waals surface area contributed by atoms with Gasteiger partial charge in [-0.15, -0.1) is 0 Å². The fourth-order valence-electron chi connectivity index (χ4n) is 1.68. The predicted molar refractivity (Wildman–Crippen MR) is 74.2 cm³/mol. The molecule has 0 fully saturated rings. The second kappa shape index (κ2) is 6.85. The van der Waals surface area contributed by atoms with Crippen LogP contribution in [0.25, 0.3) is 0 Å². The second-order valence-corrected chi connectivity index (χ2v) is 5.05. The van der Waals surface area contributed by atoms with Crippen molar-refractivity contribution in [2.45, 2.75) is 38.8 Å². The maximum atomic E-state index is 12.1. The van der Waals surface area contributed by atoms with Gasteiger partial charge in [0, 0.05) is 5.69 Å². The van der Waals surface area contributed by atoms with Gasteiger partial charge < -0.3 is 15.8 Å². The van der Waals surface area contributed by atoms with Gasteiger partial charge in [0.05, 0.1) is 10.6 Å². The molecule has 20 heavy (non-hydrogen) atoms. The molecule has 0 heterocycles. The number of anilines is 1. The lowest BCUT2D eigenvalue weighted by molar-refractivity contribution is -0.120. The maximum absolute atomic E-state index is 12.1. The summed E-state index contributed by atoms with van der Waals surface area (Å²) in [5, 5.41) is 2.58. The number of alkyl halides is 2. The van der Waals surface area contributed by atoms with Gasteiger partial charge in [0.15, 0.2) is 0 Å². The van der Waals surface area contributed by atoms with E-state index in [4.69, 9.17) is 17.3 Å². The van der Waals surface area contributed by atoms with Gasteiger partial charge in [-0.1, -0.05) is 24.9 Å². The van der Waals surface area contributed by atoms with Gasteiger partial charge in [0.2, 0.25) is 5.91 Å². The van der Waals surface area contributed by atoms with Crippen molar-refractivity contribution in [2.24, 2.45) is 5.73 Å². The van der Waals surface area contributed by atoms with Crippen LogP contribution in [0, 0.1) is 0 Å². The zero-order chi connectivity index (χ0) is 15.3. The SMILES string of the molecule is CCCC(C)(N)C(=O)Nc1ccc(OC(F)F)c(Cl)c1. The van der Waals surface area contributed by atoms with Crippen LogP contribution in [-0.4, -0.2) is 18.1 Å². The van der Waals surface area contributed by atoms with Gasteiger partial charge in [-0.25, -0.2) is 0 Å². The molecular formula is C13H17ClF2N2O2. The number of halogens is 3. The summed E-state index contributed by atoms with van der Waals surface area (Å²) in [5.41, 5.74) is 5.25. The van der Waals surface area contributed by atoms with Crippen LogP contribution >= 0.6 is 11.6 Å². The monoisotopic (exact) mass is 306 g/mol. The van der Waals surface area contributed by atoms with Gasteiger partial charge in [-0.2, -0.15) is 8.78 Å². The first-order valence-electron chi connectivity index (χ1n) is 6.11. The summed E-state index contributed by atoms with van der Waals surface area (Å²) in [6.45, 7) is 0.595. The molecule has 1 amide bonds. The van der Waals surface area contributed by atoms with Crippen LogP contribution in [0.3, 0.4) is 0 Å². The molecule has 1 unspecified atom stereocenters. The van der Waals surface area contributed by atoms with Crippen molar-refractivity contribution in [3.05, 3.63) is 23.2 Å². The highest BCUT2D eigenvalue weighted by Crippen LogP contribution is 2.29. The quantitative estimate of drug-likeness (QED) is 0.846. The first-order chi connectivity index (χ1) is 9.26. The Hall–Kier alpha value is -1.40. The summed E-state index contributed by atoms with van der Waals surface area (Å²) < 4.78 is 28.4. The van der Waals surface area contributed by atoms with E-state index < -0.39 is 12.2 Å². The normalized spacial score (nSPS) is 13.9. The Morgan fingerprint density at radius 3 is 2.70 bits per heavy atom. The van der Waals surface area contributed by atoms with Crippen LogP contribution in [-0.2, 0) is 4.79 Å². The topological polar surface area (TPSA) is 64.4 Å². The molecule has 0 saturated heterocycles. The highest BCUT2D eigenvalue weighted by Gasteiger charge is 2.27. The molecule has 3 N–H and O–H groups in total. The van der Waals surface area contributed by atoms with Crippen LogP contribution < -0.4 is 15.8 Å². The van der Waals surface area contributed by atoms with Crippen molar-refractivity contribution in [3.63, 3.8) is 0 Å². The summed E-state index contributed by atoms with van der Waals surface area (Å²) in [6, 6.07) is 4.01. The van der Waals surface area contributed by atoms with E-state index >= 15 is 0 Å². The molecule has 0 aliphatic heterocycles. The number of nitrogens with two attached hydrogens (primary N) is 1. The first-order valence-corrected chi connectivity index (χ1v) is 6.48. The molecule has 0 bridgehead atoms. The minimum Gasteiger partial charge on any atom is -0.433 e. The molecule has 1 aromatic rings. The fraction of sp³-hybridized carbons (Fsp3) is 0.462. The number of benzene rings is 1. The van der Waals surface area contributed by atoms with Gasteiger partial charge in [-0.3, -0.25) is 4.79 Å². The Morgan fingerprint density at radius 2 is 2.20 bits per heavy atom. The molecule has 4 nitrogen and oxygen atoms in total. The van der Waals surface area contributed by atoms with Crippen molar-refractivity contribution >= 4 is 23.2 Å². The molecule has 1 aromatic carbocycles. The van der Waals surface area contributed by atoms with E-state index in [9.17, 15) is 13.6 Å². The van der Waals surface area contributed by atoms with Gasteiger partial charge >= 0.3 is 6.61 Å². The van der Waals surface area contributed by atoms with Crippen LogP contribution in [0.4, 0.5) is 14.5 Å². The number of hydrogen-bond acceptors (Lipinski definition) is 3. The van der Waals surface area contributed by atoms with E-state index in [1.54, 1.807) is 6.92 Å². The minimum atomic E-state index is -2.95. The Morgan fingerprint density at radius 1 is 1.55 bits per heavy atom. The third kappa shape index (κ3) is 4.61. The van der Waals surface area contributed by atoms with Crippen molar-refractivity contribution in [3.8, 4) is 5.75 Å². The number of nitrogens with one attached hydrogen (secondary N) is 1. The fourth-order valence-corrected chi connectivity index (χ4v) is 1.90. The van der Waals surface area contributed by atoms with Crippen LogP contribution in [0.5, 0.6) is 5.75 Å². The number of ether oxygens (including phenoxy) is 1. The third-order valence-electron chi connectivity index (χ3n) is 2.69. The highest BCUT2D eigenvalue weighted by molar-refractivity contribution is 6.32. The van der Waals surface area contributed by atoms with Gasteiger partial charge in [0.25, 0.3) is 0 Å². The zero-order valence-electron chi connectivity index (χ0n) is 11.3. The Balaban J connectivity index is 2.79. The van der Waals surface area contributed by atoms with Gasteiger partial charge in [0.1, 0.15) is 5.75 Å². The molecule has 0 aromatic heterocycles. The summed E-state index contributed by atoms with van der Waals surface area (Å²) in [7, 11) is 0. The zero-order valence-corrected chi connectivity index (χ0v) is 12.0. The van der Waals surface area contributed by atoms with E-state index in [-0.39, 0.29) is 16.7 Å². The number of carbonyl (C=O) groups excluding carboxylic acids is 1. The van der Waals surface area contributed by atoms with Crippen molar-refractivity contribution in [2.75, 3.05) is 5.32 Å². The molecule has 0 radical (unpaired) electrons. The molecular weight excluding hydrogens is 290 g/mol. The summed E-state index contributed by atoms with van der Waals surface area (Å²) >= 11 is 5.79. The lowest BCUT2D eigenvalue weighted by Gasteiger charge is -2.23. The predicted octanol–water partition coefficient (Wildman–Crippen LogP) is 3.40. The number of carbonyl (C=O) groups is 1. The average molecular weight is 307 g/mol. The standard InChI is InChI=1S/C13H17ClF2N2O2/c1-3-6-13(2,17)11(19)18-8-4-5-10(9(14)7-8)20-12(15)16/h4-5,7,12H,3,6,17H2,1-2H3,(H,18,19).